The number of hydrogen-bond donors (Lipinski definition) is 4. The van der Waals surface area contributed by atoms with Crippen LogP contribution in [0, 0.1) is 0 Å². The summed E-state index contributed by atoms with van der Waals surface area (Å²) in [6.45, 7) is 1.93. The highest BCUT2D eigenvalue weighted by Gasteiger charge is 2.09. The van der Waals surface area contributed by atoms with E-state index in [1.165, 1.54) is 0 Å². The highest BCUT2D eigenvalue weighted by Crippen LogP contribution is 2.13. The number of aliphatic hydroxyl groups is 2. The van der Waals surface area contributed by atoms with Crippen LogP contribution in [0.25, 0.3) is 0 Å². The van der Waals surface area contributed by atoms with E-state index >= 15 is 0 Å². The van der Waals surface area contributed by atoms with E-state index in [-0.39, 0.29) is 0 Å². The number of carboxylic acids is 1. The quantitative estimate of drug-likeness (QED) is 0.655. The van der Waals surface area contributed by atoms with E-state index in [4.69, 9.17) is 9.90 Å². The molecule has 0 aromatic heterocycles. The van der Waals surface area contributed by atoms with Gasteiger partial charge in [-0.1, -0.05) is 60.7 Å². The molecule has 0 bridgehead atoms. The van der Waals surface area contributed by atoms with Gasteiger partial charge in [-0.25, -0.2) is 0 Å². The molecule has 23 heavy (non-hydrogen) atoms. The van der Waals surface area contributed by atoms with Crippen molar-refractivity contribution in [3.8, 4) is 0 Å². The van der Waals surface area contributed by atoms with Crippen LogP contribution in [0.1, 0.15) is 30.3 Å². The molecule has 0 amide bonds. The van der Waals surface area contributed by atoms with Gasteiger partial charge in [-0.15, -0.1) is 0 Å². The zero-order valence-corrected chi connectivity index (χ0v) is 13.1. The molecular formula is C18H23NO4. The van der Waals surface area contributed by atoms with Crippen molar-refractivity contribution < 1.29 is 20.1 Å². The predicted octanol–water partition coefficient (Wildman–Crippen LogP) is 2.13. The summed E-state index contributed by atoms with van der Waals surface area (Å²) in [6.07, 6.45) is -1.10. The largest absolute Gasteiger partial charge is 0.481 e. The number of rotatable bonds is 6. The van der Waals surface area contributed by atoms with Gasteiger partial charge in [-0.2, -0.15) is 0 Å². The van der Waals surface area contributed by atoms with Crippen molar-refractivity contribution in [1.29, 1.82) is 0 Å². The number of carbonyl (C=O) groups is 1. The minimum atomic E-state index is -0.833. The number of hydrogen-bond acceptors (Lipinski definition) is 4. The molecule has 5 heteroatoms. The Kier molecular flexibility index (Phi) is 8.60. The Morgan fingerprint density at radius 3 is 1.48 bits per heavy atom. The summed E-state index contributed by atoms with van der Waals surface area (Å²) in [5, 5.41) is 30.4. The third-order valence-corrected chi connectivity index (χ3v) is 3.04. The van der Waals surface area contributed by atoms with Crippen molar-refractivity contribution in [3.05, 3.63) is 71.8 Å². The van der Waals surface area contributed by atoms with Gasteiger partial charge in [0, 0.05) is 20.0 Å². The molecule has 0 saturated heterocycles. The molecule has 2 unspecified atom stereocenters. The fourth-order valence-corrected chi connectivity index (χ4v) is 1.94. The summed E-state index contributed by atoms with van der Waals surface area (Å²) >= 11 is 0. The van der Waals surface area contributed by atoms with E-state index in [1.54, 1.807) is 0 Å². The second-order valence-electron chi connectivity index (χ2n) is 5.03. The zero-order valence-electron chi connectivity index (χ0n) is 13.1. The number of aliphatic carboxylic acids is 1. The second-order valence-corrected chi connectivity index (χ2v) is 5.03. The van der Waals surface area contributed by atoms with Crippen LogP contribution in [0.2, 0.25) is 0 Å². The van der Waals surface area contributed by atoms with Crippen LogP contribution in [-0.2, 0) is 4.79 Å². The highest BCUT2D eigenvalue weighted by molar-refractivity contribution is 5.62. The number of carboxylic acid groups (broad SMARTS) is 1. The van der Waals surface area contributed by atoms with Gasteiger partial charge in [0.25, 0.3) is 5.97 Å². The van der Waals surface area contributed by atoms with Gasteiger partial charge in [0.15, 0.2) is 0 Å². The maximum absolute atomic E-state index is 9.96. The van der Waals surface area contributed by atoms with E-state index in [2.05, 4.69) is 5.32 Å². The molecule has 4 N–H and O–H groups in total. The van der Waals surface area contributed by atoms with Crippen molar-refractivity contribution in [1.82, 2.24) is 5.32 Å². The van der Waals surface area contributed by atoms with Crippen LogP contribution in [0.5, 0.6) is 0 Å². The van der Waals surface area contributed by atoms with Crippen LogP contribution in [0.3, 0.4) is 0 Å². The van der Waals surface area contributed by atoms with Gasteiger partial charge in [0.2, 0.25) is 0 Å². The lowest BCUT2D eigenvalue weighted by atomic mass is 10.1. The first-order chi connectivity index (χ1) is 11.0. The van der Waals surface area contributed by atoms with E-state index in [1.807, 2.05) is 60.7 Å². The third-order valence-electron chi connectivity index (χ3n) is 3.04. The topological polar surface area (TPSA) is 89.8 Å². The SMILES string of the molecule is CC(=O)O.OC(CNCC(O)c1ccccc1)c1ccccc1. The second kappa shape index (κ2) is 10.5. The van der Waals surface area contributed by atoms with Gasteiger partial charge in [-0.3, -0.25) is 4.79 Å². The average Bonchev–Trinajstić information content (AvgIpc) is 2.55. The summed E-state index contributed by atoms with van der Waals surface area (Å²) in [5.41, 5.74) is 1.76. The summed E-state index contributed by atoms with van der Waals surface area (Å²) < 4.78 is 0. The molecule has 0 aliphatic heterocycles. The van der Waals surface area contributed by atoms with E-state index in [9.17, 15) is 10.2 Å². The third kappa shape index (κ3) is 8.11. The average molecular weight is 317 g/mol. The Morgan fingerprint density at radius 2 is 1.17 bits per heavy atom. The summed E-state index contributed by atoms with van der Waals surface area (Å²) in [5.74, 6) is -0.833. The van der Waals surface area contributed by atoms with Gasteiger partial charge in [0.1, 0.15) is 0 Å². The minimum Gasteiger partial charge on any atom is -0.481 e. The van der Waals surface area contributed by atoms with E-state index in [0.717, 1.165) is 18.1 Å². The molecule has 0 aliphatic rings. The van der Waals surface area contributed by atoms with Gasteiger partial charge >= 0.3 is 0 Å². The van der Waals surface area contributed by atoms with Crippen molar-refractivity contribution >= 4 is 5.97 Å². The fraction of sp³-hybridized carbons (Fsp3) is 0.278. The number of aliphatic hydroxyl groups excluding tert-OH is 2. The van der Waals surface area contributed by atoms with Crippen LogP contribution < -0.4 is 5.32 Å². The molecule has 5 nitrogen and oxygen atoms in total. The number of nitrogens with one attached hydrogen (secondary N) is 1. The van der Waals surface area contributed by atoms with Crippen LogP contribution >= 0.6 is 0 Å². The van der Waals surface area contributed by atoms with Crippen LogP contribution in [0.15, 0.2) is 60.7 Å². The molecule has 2 atom stereocenters. The van der Waals surface area contributed by atoms with E-state index in [0.29, 0.717) is 13.1 Å². The summed E-state index contributed by atoms with van der Waals surface area (Å²) in [6, 6.07) is 19.0. The molecular weight excluding hydrogens is 294 g/mol. The van der Waals surface area contributed by atoms with Crippen LogP contribution in [-0.4, -0.2) is 34.4 Å². The zero-order chi connectivity index (χ0) is 17.1. The molecule has 2 rings (SSSR count). The standard InChI is InChI=1S/C16H19NO2.C2H4O2/c18-15(13-7-3-1-4-8-13)11-17-12-16(19)14-9-5-2-6-10-14;1-2(3)4/h1-10,15-19H,11-12H2;1H3,(H,3,4). The van der Waals surface area contributed by atoms with Crippen molar-refractivity contribution in [2.45, 2.75) is 19.1 Å². The monoisotopic (exact) mass is 317 g/mol. The molecule has 0 saturated carbocycles. The van der Waals surface area contributed by atoms with Gasteiger partial charge in [0.05, 0.1) is 12.2 Å². The lowest BCUT2D eigenvalue weighted by Crippen LogP contribution is -2.26. The maximum Gasteiger partial charge on any atom is 0.300 e. The first-order valence-corrected chi connectivity index (χ1v) is 7.37. The maximum atomic E-state index is 9.96. The smallest absolute Gasteiger partial charge is 0.300 e. The Labute approximate surface area is 136 Å². The molecule has 0 radical (unpaired) electrons. The Bertz CT molecular complexity index is 510. The fourth-order valence-electron chi connectivity index (χ4n) is 1.94. The molecule has 0 fully saturated rings. The van der Waals surface area contributed by atoms with Crippen molar-refractivity contribution in [2.75, 3.05) is 13.1 Å². The van der Waals surface area contributed by atoms with Gasteiger partial charge in [-0.05, 0) is 11.1 Å². The van der Waals surface area contributed by atoms with Crippen molar-refractivity contribution in [3.63, 3.8) is 0 Å². The summed E-state index contributed by atoms with van der Waals surface area (Å²) in [7, 11) is 0. The Morgan fingerprint density at radius 1 is 0.870 bits per heavy atom. The number of benzene rings is 2. The van der Waals surface area contributed by atoms with Crippen LogP contribution in [0.4, 0.5) is 0 Å². The first kappa shape index (κ1) is 18.8. The molecule has 2 aromatic carbocycles. The minimum absolute atomic E-state index is 0.425. The highest BCUT2D eigenvalue weighted by atomic mass is 16.4. The van der Waals surface area contributed by atoms with Gasteiger partial charge < -0.3 is 20.6 Å². The lowest BCUT2D eigenvalue weighted by molar-refractivity contribution is -0.134. The normalized spacial score (nSPS) is 12.7. The Balaban J connectivity index is 0.000000593. The molecule has 0 aliphatic carbocycles. The predicted molar refractivity (Wildman–Crippen MR) is 89.0 cm³/mol. The Hall–Kier alpha value is -2.21. The molecule has 124 valence electrons. The molecule has 0 heterocycles. The van der Waals surface area contributed by atoms with E-state index < -0.39 is 18.2 Å². The first-order valence-electron chi connectivity index (χ1n) is 7.37. The lowest BCUT2D eigenvalue weighted by Gasteiger charge is -2.15. The van der Waals surface area contributed by atoms with Crippen molar-refractivity contribution in [2.24, 2.45) is 0 Å². The molecule has 2 aromatic rings. The molecule has 0 spiro atoms. The summed E-state index contributed by atoms with van der Waals surface area (Å²) in [4.78, 5) is 9.00.